The Hall–Kier alpha value is -3.66. The molecular formula is C26H36N6O4. The number of carbonyl (C=O) groups excluding carboxylic acids is 1. The lowest BCUT2D eigenvalue weighted by molar-refractivity contribution is -0.384. The number of ether oxygens (including phenoxy) is 1. The van der Waals surface area contributed by atoms with Crippen molar-refractivity contribution in [3.63, 3.8) is 0 Å². The van der Waals surface area contributed by atoms with E-state index in [-0.39, 0.29) is 11.6 Å². The van der Waals surface area contributed by atoms with Gasteiger partial charge in [-0.2, -0.15) is 0 Å². The molecule has 194 valence electrons. The van der Waals surface area contributed by atoms with Crippen LogP contribution in [0.25, 0.3) is 11.0 Å². The van der Waals surface area contributed by atoms with E-state index in [0.717, 1.165) is 11.0 Å². The maximum Gasteiger partial charge on any atom is 0.273 e. The fourth-order valence-corrected chi connectivity index (χ4v) is 4.15. The average molecular weight is 497 g/mol. The number of fused-ring (bicyclic) bond motifs is 1. The molecule has 36 heavy (non-hydrogen) atoms. The lowest BCUT2D eigenvalue weighted by Crippen LogP contribution is -2.37. The van der Waals surface area contributed by atoms with Crippen LogP contribution in [0.2, 0.25) is 0 Å². The van der Waals surface area contributed by atoms with E-state index in [1.807, 2.05) is 27.7 Å². The summed E-state index contributed by atoms with van der Waals surface area (Å²) in [5.74, 6) is 1.59. The average Bonchev–Trinajstić information content (AvgIpc) is 3.17. The molecule has 3 rings (SSSR count). The van der Waals surface area contributed by atoms with Gasteiger partial charge in [-0.3, -0.25) is 14.9 Å². The smallest absolute Gasteiger partial charge is 0.273 e. The molecule has 10 heteroatoms. The highest BCUT2D eigenvalue weighted by Crippen LogP contribution is 2.32. The Labute approximate surface area is 211 Å². The van der Waals surface area contributed by atoms with Crippen molar-refractivity contribution in [1.82, 2.24) is 14.5 Å². The molecule has 0 saturated heterocycles. The summed E-state index contributed by atoms with van der Waals surface area (Å²) in [4.78, 5) is 30.8. The quantitative estimate of drug-likeness (QED) is 0.272. The number of nitro benzene ring substituents is 1. The molecule has 0 aliphatic rings. The monoisotopic (exact) mass is 496 g/mol. The Bertz CT molecular complexity index is 1210. The topological polar surface area (TPSA) is 129 Å². The van der Waals surface area contributed by atoms with Crippen LogP contribution >= 0.6 is 0 Å². The molecule has 0 spiro atoms. The van der Waals surface area contributed by atoms with E-state index in [4.69, 9.17) is 15.5 Å². The molecule has 3 aromatic rings. The minimum atomic E-state index is -0.469. The first-order valence-electron chi connectivity index (χ1n) is 12.2. The second kappa shape index (κ2) is 11.9. The molecular weight excluding hydrogens is 460 g/mol. The van der Waals surface area contributed by atoms with E-state index in [1.54, 1.807) is 6.07 Å². The van der Waals surface area contributed by atoms with Crippen molar-refractivity contribution in [2.45, 2.75) is 40.7 Å². The second-order valence-electron chi connectivity index (χ2n) is 9.70. The van der Waals surface area contributed by atoms with Gasteiger partial charge in [0.25, 0.3) is 11.6 Å². The van der Waals surface area contributed by atoms with Gasteiger partial charge in [0.1, 0.15) is 5.75 Å². The number of anilines is 2. The molecule has 0 unspecified atom stereocenters. The maximum absolute atomic E-state index is 13.4. The third kappa shape index (κ3) is 6.31. The Morgan fingerprint density at radius 1 is 1.17 bits per heavy atom. The molecule has 2 aromatic carbocycles. The largest absolute Gasteiger partial charge is 0.494 e. The van der Waals surface area contributed by atoms with Crippen molar-refractivity contribution < 1.29 is 14.5 Å². The minimum absolute atomic E-state index is 0.00239. The van der Waals surface area contributed by atoms with Crippen molar-refractivity contribution in [3.05, 3.63) is 52.1 Å². The molecule has 0 saturated carbocycles. The summed E-state index contributed by atoms with van der Waals surface area (Å²) in [6, 6.07) is 9.91. The molecule has 1 amide bonds. The fourth-order valence-electron chi connectivity index (χ4n) is 4.15. The number of non-ortho nitro benzene ring substituents is 1. The number of carbonyl (C=O) groups is 1. The zero-order chi connectivity index (χ0) is 26.4. The Kier molecular flexibility index (Phi) is 8.87. The van der Waals surface area contributed by atoms with E-state index < -0.39 is 4.92 Å². The molecule has 1 heterocycles. The van der Waals surface area contributed by atoms with Crippen LogP contribution in [0.3, 0.4) is 0 Å². The van der Waals surface area contributed by atoms with Gasteiger partial charge >= 0.3 is 0 Å². The number of imidazole rings is 1. The number of benzene rings is 2. The van der Waals surface area contributed by atoms with Crippen LogP contribution in [0.1, 0.15) is 44.5 Å². The molecule has 3 N–H and O–H groups in total. The van der Waals surface area contributed by atoms with Crippen LogP contribution in [0, 0.1) is 22.0 Å². The third-order valence-corrected chi connectivity index (χ3v) is 5.68. The second-order valence-corrected chi connectivity index (χ2v) is 9.70. The van der Waals surface area contributed by atoms with Gasteiger partial charge in [0.05, 0.1) is 34.8 Å². The number of nitrogens with two attached hydrogens (primary N) is 1. The minimum Gasteiger partial charge on any atom is -0.494 e. The first-order chi connectivity index (χ1) is 17.1. The van der Waals surface area contributed by atoms with E-state index in [0.29, 0.717) is 67.4 Å². The number of rotatable bonds is 12. The molecule has 0 bridgehead atoms. The Morgan fingerprint density at radius 3 is 2.44 bits per heavy atom. The third-order valence-electron chi connectivity index (χ3n) is 5.68. The van der Waals surface area contributed by atoms with Gasteiger partial charge in [0.2, 0.25) is 5.95 Å². The summed E-state index contributed by atoms with van der Waals surface area (Å²) in [5.41, 5.74) is 8.42. The fraction of sp³-hybridized carbons (Fsp3) is 0.462. The molecule has 0 aliphatic heterocycles. The molecule has 0 atom stereocenters. The number of hydrogen-bond acceptors (Lipinski definition) is 7. The zero-order valence-corrected chi connectivity index (χ0v) is 21.7. The molecule has 10 nitrogen and oxygen atoms in total. The first-order valence-corrected chi connectivity index (χ1v) is 12.2. The number of nitrogens with one attached hydrogen (secondary N) is 1. The van der Waals surface area contributed by atoms with E-state index in [2.05, 4.69) is 33.0 Å². The van der Waals surface area contributed by atoms with E-state index in [9.17, 15) is 14.9 Å². The van der Waals surface area contributed by atoms with Crippen LogP contribution in [0.15, 0.2) is 36.4 Å². The van der Waals surface area contributed by atoms with Crippen molar-refractivity contribution in [2.75, 3.05) is 32.1 Å². The highest BCUT2D eigenvalue weighted by molar-refractivity contribution is 5.98. The van der Waals surface area contributed by atoms with Crippen LogP contribution in [-0.4, -0.2) is 52.0 Å². The van der Waals surface area contributed by atoms with Crippen LogP contribution in [0.4, 0.5) is 17.3 Å². The number of nitrogens with zero attached hydrogens (tertiary/aromatic N) is 4. The van der Waals surface area contributed by atoms with Crippen molar-refractivity contribution in [2.24, 2.45) is 17.6 Å². The van der Waals surface area contributed by atoms with Gasteiger partial charge in [0, 0.05) is 31.3 Å². The number of aryl methyl sites for hydroxylation is 1. The highest BCUT2D eigenvalue weighted by atomic mass is 16.6. The summed E-state index contributed by atoms with van der Waals surface area (Å²) in [7, 11) is 1.46. The van der Waals surface area contributed by atoms with E-state index >= 15 is 0 Å². The van der Waals surface area contributed by atoms with Crippen LogP contribution < -0.4 is 15.8 Å². The summed E-state index contributed by atoms with van der Waals surface area (Å²) in [6.07, 6.45) is 0.711. The van der Waals surface area contributed by atoms with Gasteiger partial charge in [-0.1, -0.05) is 27.7 Å². The van der Waals surface area contributed by atoms with Crippen molar-refractivity contribution in [3.8, 4) is 5.75 Å². The van der Waals surface area contributed by atoms with Gasteiger partial charge in [-0.25, -0.2) is 4.98 Å². The van der Waals surface area contributed by atoms with E-state index in [1.165, 1.54) is 19.2 Å². The van der Waals surface area contributed by atoms with Gasteiger partial charge in [0.15, 0.2) is 0 Å². The number of methoxy groups -OCH3 is 1. The predicted molar refractivity (Wildman–Crippen MR) is 142 cm³/mol. The van der Waals surface area contributed by atoms with Crippen molar-refractivity contribution >= 4 is 34.3 Å². The van der Waals surface area contributed by atoms with Crippen molar-refractivity contribution in [1.29, 1.82) is 0 Å². The molecule has 0 radical (unpaired) electrons. The molecule has 0 aliphatic carbocycles. The zero-order valence-electron chi connectivity index (χ0n) is 21.7. The van der Waals surface area contributed by atoms with Gasteiger partial charge in [-0.15, -0.1) is 0 Å². The summed E-state index contributed by atoms with van der Waals surface area (Å²) >= 11 is 0. The van der Waals surface area contributed by atoms with Gasteiger partial charge < -0.3 is 25.3 Å². The first kappa shape index (κ1) is 26.9. The number of nitro groups is 1. The summed E-state index contributed by atoms with van der Waals surface area (Å²) in [6.45, 7) is 10.9. The number of hydrogen-bond donors (Lipinski definition) is 2. The van der Waals surface area contributed by atoms with Crippen LogP contribution in [0.5, 0.6) is 5.75 Å². The Balaban J connectivity index is 2.02. The van der Waals surface area contributed by atoms with Gasteiger partial charge in [-0.05, 0) is 49.1 Å². The molecule has 0 fully saturated rings. The highest BCUT2D eigenvalue weighted by Gasteiger charge is 2.21. The number of amides is 1. The summed E-state index contributed by atoms with van der Waals surface area (Å²) < 4.78 is 7.35. The molecule has 1 aromatic heterocycles. The lowest BCUT2D eigenvalue weighted by Gasteiger charge is -2.26. The number of aromatic nitrogens is 2. The SMILES string of the molecule is COc1cc([N+](=O)[O-])ccc1Nc1nc2ccc(C(=O)N(CC(C)C)CC(C)C)cc2n1CCCN. The maximum atomic E-state index is 13.4. The lowest BCUT2D eigenvalue weighted by atomic mass is 10.1. The normalized spacial score (nSPS) is 11.3. The predicted octanol–water partition coefficient (Wildman–Crippen LogP) is 4.80. The Morgan fingerprint density at radius 2 is 1.86 bits per heavy atom. The summed E-state index contributed by atoms with van der Waals surface area (Å²) in [5, 5.41) is 14.4. The van der Waals surface area contributed by atoms with Crippen LogP contribution in [-0.2, 0) is 6.54 Å². The standard InChI is InChI=1S/C26H36N6O4/c1-17(2)15-30(16-18(3)4)25(33)19-7-9-21-23(13-19)31(12-6-11-27)26(28-21)29-22-10-8-20(32(34)35)14-24(22)36-5/h7-10,13-14,17-18H,6,11-12,15-16,27H2,1-5H3,(H,28,29).